The van der Waals surface area contributed by atoms with Crippen molar-refractivity contribution < 1.29 is 35.1 Å². The van der Waals surface area contributed by atoms with Gasteiger partial charge in [-0.05, 0) is 53.6 Å². The van der Waals surface area contributed by atoms with Crippen molar-refractivity contribution in [1.29, 1.82) is 0 Å². The lowest BCUT2D eigenvalue weighted by molar-refractivity contribution is -0.137. The smallest absolute Gasteiger partial charge is 0.416 e. The number of benzene rings is 3. The second-order valence-electron chi connectivity index (χ2n) is 6.21. The average Bonchev–Trinajstić information content (AvgIpc) is 2.68. The van der Waals surface area contributed by atoms with E-state index in [0.29, 0.717) is 6.07 Å². The van der Waals surface area contributed by atoms with E-state index in [-0.39, 0.29) is 16.9 Å². The van der Waals surface area contributed by atoms with Gasteiger partial charge in [-0.2, -0.15) is 13.2 Å². The van der Waals surface area contributed by atoms with Crippen molar-refractivity contribution in [2.75, 3.05) is 11.8 Å². The molecule has 0 aliphatic heterocycles. The Hall–Kier alpha value is -3.14. The maximum absolute atomic E-state index is 14.2. The minimum absolute atomic E-state index is 0.195. The molecule has 3 aromatic rings. The molecule has 0 spiro atoms. The van der Waals surface area contributed by atoms with Gasteiger partial charge < -0.3 is 4.74 Å². The van der Waals surface area contributed by atoms with Gasteiger partial charge in [-0.25, -0.2) is 17.2 Å². The van der Waals surface area contributed by atoms with Gasteiger partial charge in [-0.15, -0.1) is 0 Å². The average molecular weight is 443 g/mol. The summed E-state index contributed by atoms with van der Waals surface area (Å²) in [6.07, 6.45) is -4.74. The van der Waals surface area contributed by atoms with E-state index in [1.165, 1.54) is 19.2 Å². The predicted octanol–water partition coefficient (Wildman–Crippen LogP) is 5.46. The van der Waals surface area contributed by atoms with Gasteiger partial charge in [0.05, 0.1) is 23.3 Å². The summed E-state index contributed by atoms with van der Waals surface area (Å²) in [7, 11) is -3.20. The van der Waals surface area contributed by atoms with E-state index in [9.17, 15) is 30.4 Å². The number of hydrogen-bond donors (Lipinski definition) is 1. The fourth-order valence-corrected chi connectivity index (χ4v) is 3.78. The van der Waals surface area contributed by atoms with Gasteiger partial charge in [0.1, 0.15) is 17.4 Å². The summed E-state index contributed by atoms with van der Waals surface area (Å²) in [4.78, 5) is -0.686. The van der Waals surface area contributed by atoms with Crippen LogP contribution in [-0.4, -0.2) is 15.5 Å². The third-order valence-corrected chi connectivity index (χ3v) is 5.49. The second-order valence-corrected chi connectivity index (χ2v) is 7.89. The van der Waals surface area contributed by atoms with Crippen molar-refractivity contribution in [3.63, 3.8) is 0 Å². The number of nitrogens with one attached hydrogen (secondary N) is 1. The summed E-state index contributed by atoms with van der Waals surface area (Å²) in [5.74, 6) is -1.39. The van der Waals surface area contributed by atoms with E-state index in [1.807, 2.05) is 4.72 Å². The minimum atomic E-state index is -4.74. The van der Waals surface area contributed by atoms with Crippen LogP contribution in [0.15, 0.2) is 65.6 Å². The maximum Gasteiger partial charge on any atom is 0.416 e. The first-order valence-electron chi connectivity index (χ1n) is 8.34. The lowest BCUT2D eigenvalue weighted by atomic mass is 10.0. The summed E-state index contributed by atoms with van der Waals surface area (Å²) in [5, 5.41) is 0. The summed E-state index contributed by atoms with van der Waals surface area (Å²) >= 11 is 0. The molecule has 0 aromatic heterocycles. The third kappa shape index (κ3) is 4.70. The molecule has 30 heavy (non-hydrogen) atoms. The molecular weight excluding hydrogens is 429 g/mol. The van der Waals surface area contributed by atoms with Crippen LogP contribution in [0.2, 0.25) is 0 Å². The van der Waals surface area contributed by atoms with Crippen molar-refractivity contribution in [2.24, 2.45) is 0 Å². The van der Waals surface area contributed by atoms with Crippen molar-refractivity contribution >= 4 is 15.7 Å². The molecule has 0 bridgehead atoms. The molecule has 0 radical (unpaired) electrons. The van der Waals surface area contributed by atoms with Gasteiger partial charge in [0.15, 0.2) is 0 Å². The second kappa shape index (κ2) is 7.94. The van der Waals surface area contributed by atoms with Crippen LogP contribution in [0.5, 0.6) is 5.75 Å². The third-order valence-electron chi connectivity index (χ3n) is 4.12. The Morgan fingerprint density at radius 2 is 1.63 bits per heavy atom. The first-order chi connectivity index (χ1) is 14.0. The molecule has 3 rings (SSSR count). The molecule has 0 aliphatic carbocycles. The van der Waals surface area contributed by atoms with E-state index in [4.69, 9.17) is 4.74 Å². The number of anilines is 1. The zero-order valence-electron chi connectivity index (χ0n) is 15.3. The molecule has 0 heterocycles. The van der Waals surface area contributed by atoms with E-state index in [0.717, 1.165) is 42.5 Å². The Bertz CT molecular complexity index is 1190. The summed E-state index contributed by atoms with van der Waals surface area (Å²) in [6.45, 7) is 0. The number of alkyl halides is 3. The molecule has 0 saturated carbocycles. The molecule has 10 heteroatoms. The molecule has 0 amide bonds. The molecule has 3 aromatic carbocycles. The van der Waals surface area contributed by atoms with Crippen molar-refractivity contribution in [2.45, 2.75) is 11.1 Å². The Morgan fingerprint density at radius 1 is 0.900 bits per heavy atom. The molecule has 4 nitrogen and oxygen atoms in total. The predicted molar refractivity (Wildman–Crippen MR) is 101 cm³/mol. The molecule has 0 aliphatic rings. The molecule has 1 N–H and O–H groups in total. The van der Waals surface area contributed by atoms with Gasteiger partial charge in [-0.3, -0.25) is 4.72 Å². The normalized spacial score (nSPS) is 11.9. The zero-order chi connectivity index (χ0) is 22.1. The number of halogens is 5. The van der Waals surface area contributed by atoms with Crippen LogP contribution in [0.3, 0.4) is 0 Å². The van der Waals surface area contributed by atoms with Crippen molar-refractivity contribution in [3.05, 3.63) is 77.9 Å². The molecule has 0 atom stereocenters. The summed E-state index contributed by atoms with van der Waals surface area (Å²) in [5.41, 5.74) is -1.12. The Kier molecular flexibility index (Phi) is 5.71. The Morgan fingerprint density at radius 3 is 2.30 bits per heavy atom. The van der Waals surface area contributed by atoms with Crippen LogP contribution in [0, 0.1) is 11.6 Å². The van der Waals surface area contributed by atoms with Crippen LogP contribution in [0.1, 0.15) is 5.56 Å². The number of ether oxygens (including phenoxy) is 1. The van der Waals surface area contributed by atoms with Crippen LogP contribution in [0.25, 0.3) is 11.1 Å². The lowest BCUT2D eigenvalue weighted by Gasteiger charge is -2.13. The lowest BCUT2D eigenvalue weighted by Crippen LogP contribution is -2.15. The highest BCUT2D eigenvalue weighted by Crippen LogP contribution is 2.32. The summed E-state index contributed by atoms with van der Waals surface area (Å²) in [6, 6.07) is 10.1. The zero-order valence-corrected chi connectivity index (χ0v) is 16.1. The van der Waals surface area contributed by atoms with Crippen molar-refractivity contribution in [1.82, 2.24) is 0 Å². The number of hydrogen-bond acceptors (Lipinski definition) is 3. The molecule has 0 unspecified atom stereocenters. The van der Waals surface area contributed by atoms with Crippen LogP contribution < -0.4 is 9.46 Å². The molecule has 158 valence electrons. The molecule has 0 fully saturated rings. The van der Waals surface area contributed by atoms with Gasteiger partial charge in [0.2, 0.25) is 0 Å². The molecular formula is C20H14F5NO3S. The Labute approximate surface area is 169 Å². The highest BCUT2D eigenvalue weighted by atomic mass is 32.2. The fourth-order valence-electron chi connectivity index (χ4n) is 2.67. The van der Waals surface area contributed by atoms with E-state index in [2.05, 4.69) is 0 Å². The highest BCUT2D eigenvalue weighted by Gasteiger charge is 2.31. The van der Waals surface area contributed by atoms with Gasteiger partial charge in [0.25, 0.3) is 10.0 Å². The quantitative estimate of drug-likeness (QED) is 0.533. The van der Waals surface area contributed by atoms with E-state index >= 15 is 0 Å². The topological polar surface area (TPSA) is 55.4 Å². The minimum Gasteiger partial charge on any atom is -0.497 e. The first-order valence-corrected chi connectivity index (χ1v) is 9.82. The largest absolute Gasteiger partial charge is 0.497 e. The standard InChI is InChI=1S/C20H14F5NO3S/c1-29-16-8-13(7-15(21)11-16)12-5-6-18(22)19(9-12)26-30(27,28)17-4-2-3-14(10-17)20(23,24)25/h2-11,26H,1H3. The number of sulfonamides is 1. The number of methoxy groups -OCH3 is 1. The maximum atomic E-state index is 14.2. The van der Waals surface area contributed by atoms with Crippen molar-refractivity contribution in [3.8, 4) is 16.9 Å². The first kappa shape index (κ1) is 21.6. The highest BCUT2D eigenvalue weighted by molar-refractivity contribution is 7.92. The summed E-state index contributed by atoms with van der Waals surface area (Å²) < 4.78 is 98.5. The Balaban J connectivity index is 1.99. The van der Waals surface area contributed by atoms with Crippen LogP contribution in [0.4, 0.5) is 27.6 Å². The van der Waals surface area contributed by atoms with E-state index < -0.39 is 44.0 Å². The van der Waals surface area contributed by atoms with E-state index in [1.54, 1.807) is 0 Å². The van der Waals surface area contributed by atoms with Gasteiger partial charge in [-0.1, -0.05) is 12.1 Å². The SMILES string of the molecule is COc1cc(F)cc(-c2ccc(F)c(NS(=O)(=O)c3cccc(C(F)(F)F)c3)c2)c1. The molecule has 0 saturated heterocycles. The van der Waals surface area contributed by atoms with Crippen LogP contribution in [-0.2, 0) is 16.2 Å². The van der Waals surface area contributed by atoms with Crippen LogP contribution >= 0.6 is 0 Å². The van der Waals surface area contributed by atoms with Gasteiger partial charge in [0, 0.05) is 6.07 Å². The number of rotatable bonds is 5. The fraction of sp³-hybridized carbons (Fsp3) is 0.100. The van der Waals surface area contributed by atoms with Gasteiger partial charge >= 0.3 is 6.18 Å². The monoisotopic (exact) mass is 443 g/mol.